The van der Waals surface area contributed by atoms with Gasteiger partial charge in [0.1, 0.15) is 6.07 Å². The van der Waals surface area contributed by atoms with Crippen molar-refractivity contribution in [1.82, 2.24) is 0 Å². The number of nitrogens with zero attached hydrogens (tertiary/aromatic N) is 2. The van der Waals surface area contributed by atoms with E-state index in [1.807, 2.05) is 13.0 Å². The van der Waals surface area contributed by atoms with Gasteiger partial charge < -0.3 is 9.64 Å². The standard InChI is InChI=1S/C15H19BrN2O/c1-2-19-14-4-3-7-18(11-14)15-6-5-12(9-16)8-13(15)10-17/h5-6,8,14H,2-4,7,9,11H2,1H3. The minimum Gasteiger partial charge on any atom is -0.377 e. The van der Waals surface area contributed by atoms with Crippen LogP contribution < -0.4 is 4.90 Å². The Morgan fingerprint density at radius 2 is 2.37 bits per heavy atom. The molecule has 0 radical (unpaired) electrons. The predicted molar refractivity (Wildman–Crippen MR) is 80.6 cm³/mol. The van der Waals surface area contributed by atoms with Crippen molar-refractivity contribution in [2.45, 2.75) is 31.2 Å². The van der Waals surface area contributed by atoms with Crippen LogP contribution in [0.5, 0.6) is 0 Å². The molecule has 1 aromatic carbocycles. The zero-order chi connectivity index (χ0) is 13.7. The van der Waals surface area contributed by atoms with Crippen LogP contribution in [0.4, 0.5) is 5.69 Å². The Bertz CT molecular complexity index is 468. The number of anilines is 1. The highest BCUT2D eigenvalue weighted by atomic mass is 79.9. The van der Waals surface area contributed by atoms with Crippen molar-refractivity contribution in [3.05, 3.63) is 29.3 Å². The van der Waals surface area contributed by atoms with Crippen molar-refractivity contribution in [2.24, 2.45) is 0 Å². The highest BCUT2D eigenvalue weighted by molar-refractivity contribution is 9.08. The van der Waals surface area contributed by atoms with Crippen LogP contribution in [0, 0.1) is 11.3 Å². The lowest BCUT2D eigenvalue weighted by atomic mass is 10.0. The molecule has 1 fully saturated rings. The quantitative estimate of drug-likeness (QED) is 0.796. The van der Waals surface area contributed by atoms with Gasteiger partial charge in [-0.25, -0.2) is 0 Å². The first kappa shape index (κ1) is 14.4. The second kappa shape index (κ2) is 6.93. The summed E-state index contributed by atoms with van der Waals surface area (Å²) in [5, 5.41) is 10.1. The number of piperidine rings is 1. The maximum atomic E-state index is 9.32. The van der Waals surface area contributed by atoms with E-state index in [0.717, 1.165) is 54.7 Å². The fraction of sp³-hybridized carbons (Fsp3) is 0.533. The maximum Gasteiger partial charge on any atom is 0.101 e. The molecule has 0 amide bonds. The Hall–Kier alpha value is -1.05. The van der Waals surface area contributed by atoms with Gasteiger partial charge in [-0.3, -0.25) is 0 Å². The van der Waals surface area contributed by atoms with Gasteiger partial charge in [-0.2, -0.15) is 5.26 Å². The summed E-state index contributed by atoms with van der Waals surface area (Å²) in [4.78, 5) is 2.28. The molecule has 1 unspecified atom stereocenters. The fourth-order valence-corrected chi connectivity index (χ4v) is 2.91. The molecule has 1 heterocycles. The molecule has 1 aliphatic heterocycles. The maximum absolute atomic E-state index is 9.32. The summed E-state index contributed by atoms with van der Waals surface area (Å²) in [7, 11) is 0. The third-order valence-electron chi connectivity index (χ3n) is 3.46. The average Bonchev–Trinajstić information content (AvgIpc) is 2.47. The second-order valence-corrected chi connectivity index (χ2v) is 5.32. The van der Waals surface area contributed by atoms with E-state index in [2.05, 4.69) is 39.0 Å². The number of halogens is 1. The monoisotopic (exact) mass is 322 g/mol. The average molecular weight is 323 g/mol. The zero-order valence-electron chi connectivity index (χ0n) is 11.2. The Kier molecular flexibility index (Phi) is 5.24. The molecule has 1 atom stereocenters. The summed E-state index contributed by atoms with van der Waals surface area (Å²) in [5.74, 6) is 0. The smallest absolute Gasteiger partial charge is 0.101 e. The Balaban J connectivity index is 2.19. The van der Waals surface area contributed by atoms with E-state index in [0.29, 0.717) is 6.10 Å². The highest BCUT2D eigenvalue weighted by Crippen LogP contribution is 2.26. The number of rotatable bonds is 4. The summed E-state index contributed by atoms with van der Waals surface area (Å²) < 4.78 is 5.72. The first-order valence-electron chi connectivity index (χ1n) is 6.74. The SMILES string of the molecule is CCOC1CCCN(c2ccc(CBr)cc2C#N)C1. The van der Waals surface area contributed by atoms with Crippen LogP contribution >= 0.6 is 15.9 Å². The highest BCUT2D eigenvalue weighted by Gasteiger charge is 2.22. The molecule has 102 valence electrons. The number of hydrogen-bond donors (Lipinski definition) is 0. The largest absolute Gasteiger partial charge is 0.377 e. The molecule has 2 rings (SSSR count). The zero-order valence-corrected chi connectivity index (χ0v) is 12.8. The molecule has 0 spiro atoms. The van der Waals surface area contributed by atoms with Gasteiger partial charge in [0.2, 0.25) is 0 Å². The van der Waals surface area contributed by atoms with Crippen molar-refractivity contribution in [3.8, 4) is 6.07 Å². The van der Waals surface area contributed by atoms with Crippen LogP contribution in [-0.2, 0) is 10.1 Å². The molecule has 0 aliphatic carbocycles. The molecule has 3 nitrogen and oxygen atoms in total. The molecular formula is C15H19BrN2O. The number of hydrogen-bond acceptors (Lipinski definition) is 3. The lowest BCUT2D eigenvalue weighted by molar-refractivity contribution is 0.0526. The second-order valence-electron chi connectivity index (χ2n) is 4.76. The summed E-state index contributed by atoms with van der Waals surface area (Å²) in [5.41, 5.74) is 2.93. The van der Waals surface area contributed by atoms with Crippen molar-refractivity contribution in [1.29, 1.82) is 5.26 Å². The minimum atomic E-state index is 0.293. The third kappa shape index (κ3) is 3.49. The van der Waals surface area contributed by atoms with Gasteiger partial charge in [0.25, 0.3) is 0 Å². The number of alkyl halides is 1. The number of ether oxygens (including phenoxy) is 1. The molecular weight excluding hydrogens is 304 g/mol. The van der Waals surface area contributed by atoms with E-state index < -0.39 is 0 Å². The number of nitriles is 1. The van der Waals surface area contributed by atoms with E-state index in [-0.39, 0.29) is 0 Å². The van der Waals surface area contributed by atoms with Gasteiger partial charge in [-0.1, -0.05) is 22.0 Å². The van der Waals surface area contributed by atoms with Crippen LogP contribution in [0.25, 0.3) is 0 Å². The summed E-state index contributed by atoms with van der Waals surface area (Å²) in [6.45, 7) is 4.68. The lowest BCUT2D eigenvalue weighted by Crippen LogP contribution is -2.40. The van der Waals surface area contributed by atoms with Crippen molar-refractivity contribution in [2.75, 3.05) is 24.6 Å². The van der Waals surface area contributed by atoms with E-state index in [9.17, 15) is 5.26 Å². The van der Waals surface area contributed by atoms with Gasteiger partial charge in [0.15, 0.2) is 0 Å². The van der Waals surface area contributed by atoms with Crippen LogP contribution in [0.15, 0.2) is 18.2 Å². The minimum absolute atomic E-state index is 0.293. The van der Waals surface area contributed by atoms with E-state index in [1.54, 1.807) is 0 Å². The predicted octanol–water partition coefficient (Wildman–Crippen LogP) is 3.46. The topological polar surface area (TPSA) is 36.3 Å². The molecule has 1 aromatic rings. The Morgan fingerprint density at radius 1 is 1.53 bits per heavy atom. The van der Waals surface area contributed by atoms with Crippen LogP contribution in [0.3, 0.4) is 0 Å². The molecule has 0 saturated carbocycles. The van der Waals surface area contributed by atoms with E-state index >= 15 is 0 Å². The van der Waals surface area contributed by atoms with Gasteiger partial charge in [-0.05, 0) is 37.5 Å². The van der Waals surface area contributed by atoms with Crippen LogP contribution in [-0.4, -0.2) is 25.8 Å². The molecule has 1 saturated heterocycles. The van der Waals surface area contributed by atoms with Crippen molar-refractivity contribution >= 4 is 21.6 Å². The van der Waals surface area contributed by atoms with Gasteiger partial charge >= 0.3 is 0 Å². The Morgan fingerprint density at radius 3 is 3.05 bits per heavy atom. The third-order valence-corrected chi connectivity index (χ3v) is 4.10. The molecule has 19 heavy (non-hydrogen) atoms. The summed E-state index contributed by atoms with van der Waals surface area (Å²) in [6, 6.07) is 8.42. The van der Waals surface area contributed by atoms with E-state index in [4.69, 9.17) is 4.74 Å². The fourth-order valence-electron chi connectivity index (χ4n) is 2.56. The van der Waals surface area contributed by atoms with Crippen LogP contribution in [0.1, 0.15) is 30.9 Å². The van der Waals surface area contributed by atoms with Gasteiger partial charge in [0, 0.05) is 25.0 Å². The Labute approximate surface area is 123 Å². The lowest BCUT2D eigenvalue weighted by Gasteiger charge is -2.34. The van der Waals surface area contributed by atoms with Crippen molar-refractivity contribution in [3.63, 3.8) is 0 Å². The van der Waals surface area contributed by atoms with Gasteiger partial charge in [0.05, 0.1) is 17.4 Å². The molecule has 0 aromatic heterocycles. The van der Waals surface area contributed by atoms with Gasteiger partial charge in [-0.15, -0.1) is 0 Å². The molecule has 4 heteroatoms. The molecule has 0 bridgehead atoms. The first-order chi connectivity index (χ1) is 9.28. The normalized spacial score (nSPS) is 19.2. The van der Waals surface area contributed by atoms with Crippen LogP contribution in [0.2, 0.25) is 0 Å². The first-order valence-corrected chi connectivity index (χ1v) is 7.86. The molecule has 0 N–H and O–H groups in total. The number of benzene rings is 1. The summed E-state index contributed by atoms with van der Waals surface area (Å²) in [6.07, 6.45) is 2.53. The van der Waals surface area contributed by atoms with E-state index in [1.165, 1.54) is 0 Å². The molecule has 1 aliphatic rings. The van der Waals surface area contributed by atoms with Crippen molar-refractivity contribution < 1.29 is 4.74 Å². The summed E-state index contributed by atoms with van der Waals surface area (Å²) >= 11 is 3.43.